The van der Waals surface area contributed by atoms with Crippen LogP contribution in [0.15, 0.2) is 35.4 Å². The minimum Gasteiger partial charge on any atom is -0.348 e. The Hall–Kier alpha value is -2.43. The molecule has 0 aliphatic carbocycles. The van der Waals surface area contributed by atoms with E-state index in [1.807, 2.05) is 19.9 Å². The van der Waals surface area contributed by atoms with Crippen molar-refractivity contribution < 1.29 is 4.79 Å². The van der Waals surface area contributed by atoms with E-state index in [1.165, 1.54) is 6.20 Å². The molecule has 0 radical (unpaired) electrons. The molecule has 0 unspecified atom stereocenters. The molecule has 19 heavy (non-hydrogen) atoms. The zero-order chi connectivity index (χ0) is 13.8. The van der Waals surface area contributed by atoms with Gasteiger partial charge in [0, 0.05) is 30.2 Å². The summed E-state index contributed by atoms with van der Waals surface area (Å²) in [6, 6.07) is 5.25. The second-order valence-electron chi connectivity index (χ2n) is 4.37. The van der Waals surface area contributed by atoms with Crippen molar-refractivity contribution in [2.24, 2.45) is 0 Å². The number of aromatic nitrogens is 2. The lowest BCUT2D eigenvalue weighted by Crippen LogP contribution is -2.27. The number of hydrogen-bond acceptors (Lipinski definition) is 3. The van der Waals surface area contributed by atoms with Crippen LogP contribution in [-0.2, 0) is 6.54 Å². The van der Waals surface area contributed by atoms with Crippen LogP contribution in [0.4, 0.5) is 0 Å². The molecule has 0 aliphatic rings. The Morgan fingerprint density at radius 2 is 2.21 bits per heavy atom. The highest BCUT2D eigenvalue weighted by molar-refractivity contribution is 5.93. The molecule has 0 spiro atoms. The molecule has 1 amide bonds. The van der Waals surface area contributed by atoms with E-state index in [4.69, 9.17) is 0 Å². The molecule has 0 atom stereocenters. The first-order valence-corrected chi connectivity index (χ1v) is 5.95. The maximum absolute atomic E-state index is 11.8. The Balaban J connectivity index is 2.12. The molecule has 0 saturated carbocycles. The number of rotatable bonds is 3. The van der Waals surface area contributed by atoms with Crippen LogP contribution >= 0.6 is 0 Å². The van der Waals surface area contributed by atoms with Gasteiger partial charge in [0.25, 0.3) is 11.5 Å². The van der Waals surface area contributed by atoms with Gasteiger partial charge in [0.15, 0.2) is 0 Å². The molecule has 0 aliphatic heterocycles. The number of pyridine rings is 2. The number of nitrogens with zero attached hydrogens (tertiary/aromatic N) is 1. The lowest BCUT2D eigenvalue weighted by atomic mass is 10.1. The van der Waals surface area contributed by atoms with Crippen molar-refractivity contribution in [1.29, 1.82) is 0 Å². The molecule has 98 valence electrons. The predicted octanol–water partition coefficient (Wildman–Crippen LogP) is 1.32. The second kappa shape index (κ2) is 5.48. The van der Waals surface area contributed by atoms with Gasteiger partial charge in [0.1, 0.15) is 0 Å². The molecule has 5 heteroatoms. The average molecular weight is 257 g/mol. The predicted molar refractivity (Wildman–Crippen MR) is 71.9 cm³/mol. The molecule has 0 saturated heterocycles. The number of H-pyrrole nitrogens is 1. The largest absolute Gasteiger partial charge is 0.348 e. The monoisotopic (exact) mass is 257 g/mol. The van der Waals surface area contributed by atoms with Gasteiger partial charge < -0.3 is 10.3 Å². The van der Waals surface area contributed by atoms with Gasteiger partial charge in [0.2, 0.25) is 0 Å². The van der Waals surface area contributed by atoms with E-state index in [-0.39, 0.29) is 18.0 Å². The van der Waals surface area contributed by atoms with Crippen LogP contribution in [0.5, 0.6) is 0 Å². The Morgan fingerprint density at radius 3 is 2.84 bits per heavy atom. The summed E-state index contributed by atoms with van der Waals surface area (Å²) in [5.41, 5.74) is 2.56. The molecule has 0 fully saturated rings. The van der Waals surface area contributed by atoms with Crippen LogP contribution < -0.4 is 10.9 Å². The first-order valence-electron chi connectivity index (χ1n) is 5.95. The fourth-order valence-electron chi connectivity index (χ4n) is 1.87. The number of nitrogens with one attached hydrogen (secondary N) is 2. The van der Waals surface area contributed by atoms with Crippen molar-refractivity contribution in [2.45, 2.75) is 20.4 Å². The second-order valence-corrected chi connectivity index (χ2v) is 4.37. The quantitative estimate of drug-likeness (QED) is 0.870. The molecular formula is C14H15N3O2. The van der Waals surface area contributed by atoms with Crippen molar-refractivity contribution in [1.82, 2.24) is 15.3 Å². The van der Waals surface area contributed by atoms with Crippen molar-refractivity contribution in [3.8, 4) is 0 Å². The van der Waals surface area contributed by atoms with E-state index in [0.29, 0.717) is 11.1 Å². The summed E-state index contributed by atoms with van der Waals surface area (Å²) in [5.74, 6) is -0.243. The van der Waals surface area contributed by atoms with E-state index in [9.17, 15) is 9.59 Å². The molecule has 2 heterocycles. The fraction of sp³-hybridized carbons (Fsp3) is 0.214. The minimum absolute atomic E-state index is 0.163. The van der Waals surface area contributed by atoms with E-state index < -0.39 is 0 Å². The standard InChI is InChI=1S/C14H15N3O2/c1-9-6-10(2)17-14(19)12(9)8-16-13(18)11-4-3-5-15-7-11/h3-7H,8H2,1-2H3,(H,16,18)(H,17,19). The van der Waals surface area contributed by atoms with Crippen molar-refractivity contribution >= 4 is 5.91 Å². The van der Waals surface area contributed by atoms with Crippen molar-refractivity contribution in [2.75, 3.05) is 0 Å². The van der Waals surface area contributed by atoms with Gasteiger partial charge in [-0.05, 0) is 37.6 Å². The Morgan fingerprint density at radius 1 is 1.42 bits per heavy atom. The van der Waals surface area contributed by atoms with Crippen LogP contribution in [0.2, 0.25) is 0 Å². The van der Waals surface area contributed by atoms with Crippen LogP contribution in [0.3, 0.4) is 0 Å². The van der Waals surface area contributed by atoms with Crippen LogP contribution in [0.1, 0.15) is 27.2 Å². The molecular weight excluding hydrogens is 242 g/mol. The highest BCUT2D eigenvalue weighted by Crippen LogP contribution is 2.04. The first kappa shape index (κ1) is 13.0. The number of carbonyl (C=O) groups is 1. The summed E-state index contributed by atoms with van der Waals surface area (Å²) >= 11 is 0. The zero-order valence-electron chi connectivity index (χ0n) is 10.9. The Labute approximate surface area is 110 Å². The Kier molecular flexibility index (Phi) is 3.75. The first-order chi connectivity index (χ1) is 9.08. The molecule has 2 rings (SSSR count). The highest BCUT2D eigenvalue weighted by atomic mass is 16.1. The van der Waals surface area contributed by atoms with Crippen molar-refractivity contribution in [3.63, 3.8) is 0 Å². The maximum Gasteiger partial charge on any atom is 0.253 e. The lowest BCUT2D eigenvalue weighted by Gasteiger charge is -2.07. The minimum atomic E-state index is -0.243. The van der Waals surface area contributed by atoms with E-state index >= 15 is 0 Å². The van der Waals surface area contributed by atoms with Crippen LogP contribution in [-0.4, -0.2) is 15.9 Å². The van der Waals surface area contributed by atoms with E-state index in [0.717, 1.165) is 11.3 Å². The summed E-state index contributed by atoms with van der Waals surface area (Å²) in [5, 5.41) is 2.72. The topological polar surface area (TPSA) is 74.8 Å². The summed E-state index contributed by atoms with van der Waals surface area (Å²) in [4.78, 5) is 30.2. The summed E-state index contributed by atoms with van der Waals surface area (Å²) in [7, 11) is 0. The summed E-state index contributed by atoms with van der Waals surface area (Å²) in [6.45, 7) is 3.88. The third kappa shape index (κ3) is 3.07. The third-order valence-electron chi connectivity index (χ3n) is 2.84. The Bertz CT molecular complexity index is 647. The van der Waals surface area contributed by atoms with E-state index in [1.54, 1.807) is 18.3 Å². The number of aromatic amines is 1. The number of hydrogen-bond donors (Lipinski definition) is 2. The summed E-state index contributed by atoms with van der Waals surface area (Å²) < 4.78 is 0. The van der Waals surface area contributed by atoms with Crippen LogP contribution in [0, 0.1) is 13.8 Å². The lowest BCUT2D eigenvalue weighted by molar-refractivity contribution is 0.0950. The SMILES string of the molecule is Cc1cc(C)c(CNC(=O)c2cccnc2)c(=O)[nH]1. The number of carbonyl (C=O) groups excluding carboxylic acids is 1. The molecule has 2 aromatic rings. The van der Waals surface area contributed by atoms with Gasteiger partial charge in [0.05, 0.1) is 5.56 Å². The zero-order valence-corrected chi connectivity index (χ0v) is 10.9. The maximum atomic E-state index is 11.8. The molecule has 5 nitrogen and oxygen atoms in total. The smallest absolute Gasteiger partial charge is 0.253 e. The van der Waals surface area contributed by atoms with Crippen molar-refractivity contribution in [3.05, 3.63) is 63.3 Å². The molecule has 0 bridgehead atoms. The van der Waals surface area contributed by atoms with Gasteiger partial charge in [-0.1, -0.05) is 0 Å². The van der Waals surface area contributed by atoms with Gasteiger partial charge in [-0.2, -0.15) is 0 Å². The van der Waals surface area contributed by atoms with Gasteiger partial charge in [-0.3, -0.25) is 14.6 Å². The van der Waals surface area contributed by atoms with Crippen LogP contribution in [0.25, 0.3) is 0 Å². The van der Waals surface area contributed by atoms with Gasteiger partial charge in [-0.15, -0.1) is 0 Å². The molecule has 2 aromatic heterocycles. The van der Waals surface area contributed by atoms with Gasteiger partial charge in [-0.25, -0.2) is 0 Å². The number of amides is 1. The molecule has 2 N–H and O–H groups in total. The summed E-state index contributed by atoms with van der Waals surface area (Å²) in [6.07, 6.45) is 3.09. The number of aryl methyl sites for hydroxylation is 2. The fourth-order valence-corrected chi connectivity index (χ4v) is 1.87. The average Bonchev–Trinajstić information content (AvgIpc) is 2.38. The molecule has 0 aromatic carbocycles. The third-order valence-corrected chi connectivity index (χ3v) is 2.84. The van der Waals surface area contributed by atoms with E-state index in [2.05, 4.69) is 15.3 Å². The normalized spacial score (nSPS) is 10.2. The van der Waals surface area contributed by atoms with Gasteiger partial charge >= 0.3 is 0 Å². The highest BCUT2D eigenvalue weighted by Gasteiger charge is 2.08.